The third-order valence-electron chi connectivity index (χ3n) is 3.77. The molecule has 0 heterocycles. The van der Waals surface area contributed by atoms with Crippen molar-refractivity contribution in [1.29, 1.82) is 0 Å². The Kier molecular flexibility index (Phi) is 4.16. The molecular weight excluding hydrogens is 232 g/mol. The Morgan fingerprint density at radius 2 is 2.12 bits per heavy atom. The van der Waals surface area contributed by atoms with Crippen LogP contribution >= 0.6 is 11.6 Å². The SMILES string of the molecule is CCC1CCCCC1Nc1ccc(N)cc1Cl. The fraction of sp³-hybridized carbons (Fsp3) is 0.571. The van der Waals surface area contributed by atoms with E-state index >= 15 is 0 Å². The zero-order chi connectivity index (χ0) is 12.3. The summed E-state index contributed by atoms with van der Waals surface area (Å²) in [4.78, 5) is 0. The maximum absolute atomic E-state index is 6.20. The van der Waals surface area contributed by atoms with Gasteiger partial charge in [0.05, 0.1) is 10.7 Å². The number of nitrogens with one attached hydrogen (secondary N) is 1. The van der Waals surface area contributed by atoms with Gasteiger partial charge in [0.2, 0.25) is 0 Å². The predicted octanol–water partition coefficient (Wildman–Crippen LogP) is 4.30. The summed E-state index contributed by atoms with van der Waals surface area (Å²) in [5.41, 5.74) is 7.44. The topological polar surface area (TPSA) is 38.0 Å². The first kappa shape index (κ1) is 12.6. The van der Waals surface area contributed by atoms with Gasteiger partial charge in [-0.15, -0.1) is 0 Å². The molecule has 2 rings (SSSR count). The van der Waals surface area contributed by atoms with Crippen molar-refractivity contribution in [3.05, 3.63) is 23.2 Å². The molecule has 1 aliphatic rings. The van der Waals surface area contributed by atoms with Crippen LogP contribution in [0.3, 0.4) is 0 Å². The van der Waals surface area contributed by atoms with E-state index in [1.807, 2.05) is 18.2 Å². The first-order chi connectivity index (χ1) is 8.20. The van der Waals surface area contributed by atoms with Crippen LogP contribution in [0.2, 0.25) is 5.02 Å². The van der Waals surface area contributed by atoms with Gasteiger partial charge in [-0.05, 0) is 37.0 Å². The average Bonchev–Trinajstić information content (AvgIpc) is 2.33. The van der Waals surface area contributed by atoms with Gasteiger partial charge in [-0.1, -0.05) is 37.8 Å². The maximum atomic E-state index is 6.20. The largest absolute Gasteiger partial charge is 0.399 e. The van der Waals surface area contributed by atoms with E-state index in [1.165, 1.54) is 32.1 Å². The normalized spacial score (nSPS) is 24.6. The highest BCUT2D eigenvalue weighted by Crippen LogP contribution is 2.32. The molecule has 0 spiro atoms. The molecule has 0 radical (unpaired) electrons. The Bertz CT molecular complexity index is 378. The van der Waals surface area contributed by atoms with Crippen molar-refractivity contribution in [3.63, 3.8) is 0 Å². The summed E-state index contributed by atoms with van der Waals surface area (Å²) in [6, 6.07) is 6.26. The van der Waals surface area contributed by atoms with Crippen LogP contribution in [0.4, 0.5) is 11.4 Å². The summed E-state index contributed by atoms with van der Waals surface area (Å²) in [6.07, 6.45) is 6.51. The molecule has 0 saturated heterocycles. The van der Waals surface area contributed by atoms with Gasteiger partial charge in [0.15, 0.2) is 0 Å². The molecule has 0 amide bonds. The van der Waals surface area contributed by atoms with E-state index in [-0.39, 0.29) is 0 Å². The van der Waals surface area contributed by atoms with Crippen LogP contribution in [-0.2, 0) is 0 Å². The Labute approximate surface area is 109 Å². The minimum atomic E-state index is 0.565. The number of benzene rings is 1. The zero-order valence-electron chi connectivity index (χ0n) is 10.4. The molecule has 0 bridgehead atoms. The lowest BCUT2D eigenvalue weighted by Gasteiger charge is -2.32. The Balaban J connectivity index is 2.08. The van der Waals surface area contributed by atoms with E-state index in [0.717, 1.165) is 22.3 Å². The molecule has 1 aromatic rings. The number of rotatable bonds is 3. The molecule has 2 nitrogen and oxygen atoms in total. The summed E-state index contributed by atoms with van der Waals surface area (Å²) in [7, 11) is 0. The molecular formula is C14H21ClN2. The Morgan fingerprint density at radius 3 is 2.82 bits per heavy atom. The van der Waals surface area contributed by atoms with E-state index in [2.05, 4.69) is 12.2 Å². The van der Waals surface area contributed by atoms with E-state index < -0.39 is 0 Å². The van der Waals surface area contributed by atoms with Gasteiger partial charge < -0.3 is 11.1 Å². The summed E-state index contributed by atoms with van der Waals surface area (Å²) in [5, 5.41) is 4.32. The fourth-order valence-corrected chi connectivity index (χ4v) is 2.98. The molecule has 1 aliphatic carbocycles. The van der Waals surface area contributed by atoms with Crippen molar-refractivity contribution in [2.75, 3.05) is 11.1 Å². The number of halogens is 1. The lowest BCUT2D eigenvalue weighted by Crippen LogP contribution is -2.31. The number of nitrogens with two attached hydrogens (primary N) is 1. The number of hydrogen-bond acceptors (Lipinski definition) is 2. The van der Waals surface area contributed by atoms with Gasteiger partial charge in [0.25, 0.3) is 0 Å². The quantitative estimate of drug-likeness (QED) is 0.787. The van der Waals surface area contributed by atoms with Crippen LogP contribution in [0.25, 0.3) is 0 Å². The van der Waals surface area contributed by atoms with Crippen molar-refractivity contribution in [2.24, 2.45) is 5.92 Å². The highest BCUT2D eigenvalue weighted by molar-refractivity contribution is 6.33. The van der Waals surface area contributed by atoms with Crippen LogP contribution in [0.1, 0.15) is 39.0 Å². The number of hydrogen-bond donors (Lipinski definition) is 2. The number of anilines is 2. The Morgan fingerprint density at radius 1 is 1.35 bits per heavy atom. The van der Waals surface area contributed by atoms with Gasteiger partial charge in [-0.3, -0.25) is 0 Å². The third kappa shape index (κ3) is 3.06. The highest BCUT2D eigenvalue weighted by atomic mass is 35.5. The minimum Gasteiger partial charge on any atom is -0.399 e. The first-order valence-electron chi connectivity index (χ1n) is 6.52. The second kappa shape index (κ2) is 5.63. The van der Waals surface area contributed by atoms with Crippen LogP contribution in [0, 0.1) is 5.92 Å². The van der Waals surface area contributed by atoms with E-state index in [1.54, 1.807) is 0 Å². The highest BCUT2D eigenvalue weighted by Gasteiger charge is 2.23. The minimum absolute atomic E-state index is 0.565. The van der Waals surface area contributed by atoms with Gasteiger partial charge in [0.1, 0.15) is 0 Å². The molecule has 3 heteroatoms. The lowest BCUT2D eigenvalue weighted by atomic mass is 9.83. The summed E-state index contributed by atoms with van der Waals surface area (Å²) in [6.45, 7) is 2.27. The van der Waals surface area contributed by atoms with E-state index in [4.69, 9.17) is 17.3 Å². The summed E-state index contributed by atoms with van der Waals surface area (Å²) < 4.78 is 0. The molecule has 1 aromatic carbocycles. The van der Waals surface area contributed by atoms with Gasteiger partial charge >= 0.3 is 0 Å². The second-order valence-corrected chi connectivity index (χ2v) is 5.35. The number of nitrogen functional groups attached to an aromatic ring is 1. The predicted molar refractivity (Wildman–Crippen MR) is 75.5 cm³/mol. The van der Waals surface area contributed by atoms with Crippen molar-refractivity contribution < 1.29 is 0 Å². The third-order valence-corrected chi connectivity index (χ3v) is 4.08. The molecule has 2 atom stereocenters. The van der Waals surface area contributed by atoms with Crippen molar-refractivity contribution in [3.8, 4) is 0 Å². The summed E-state index contributed by atoms with van der Waals surface area (Å²) >= 11 is 6.20. The van der Waals surface area contributed by atoms with Crippen LogP contribution < -0.4 is 11.1 Å². The first-order valence-corrected chi connectivity index (χ1v) is 6.90. The van der Waals surface area contributed by atoms with Crippen molar-refractivity contribution >= 4 is 23.0 Å². The average molecular weight is 253 g/mol. The van der Waals surface area contributed by atoms with Gasteiger partial charge in [-0.25, -0.2) is 0 Å². The Hall–Kier alpha value is -0.890. The molecule has 0 aromatic heterocycles. The van der Waals surface area contributed by atoms with E-state index in [0.29, 0.717) is 6.04 Å². The molecule has 17 heavy (non-hydrogen) atoms. The van der Waals surface area contributed by atoms with Crippen LogP contribution in [-0.4, -0.2) is 6.04 Å². The standard InChI is InChI=1S/C14H21ClN2/c1-2-10-5-3-4-6-13(10)17-14-8-7-11(16)9-12(14)15/h7-10,13,17H,2-6,16H2,1H3. The molecule has 1 fully saturated rings. The van der Waals surface area contributed by atoms with Gasteiger partial charge in [0, 0.05) is 11.7 Å². The van der Waals surface area contributed by atoms with Crippen molar-refractivity contribution in [2.45, 2.75) is 45.1 Å². The zero-order valence-corrected chi connectivity index (χ0v) is 11.1. The molecule has 0 aliphatic heterocycles. The van der Waals surface area contributed by atoms with Gasteiger partial charge in [-0.2, -0.15) is 0 Å². The summed E-state index contributed by atoms with van der Waals surface area (Å²) in [5.74, 6) is 0.775. The molecule has 2 unspecified atom stereocenters. The van der Waals surface area contributed by atoms with Crippen LogP contribution in [0.15, 0.2) is 18.2 Å². The molecule has 3 N–H and O–H groups in total. The second-order valence-electron chi connectivity index (χ2n) is 4.94. The molecule has 1 saturated carbocycles. The van der Waals surface area contributed by atoms with Crippen LogP contribution in [0.5, 0.6) is 0 Å². The van der Waals surface area contributed by atoms with Crippen molar-refractivity contribution in [1.82, 2.24) is 0 Å². The smallest absolute Gasteiger partial charge is 0.0658 e. The monoisotopic (exact) mass is 252 g/mol. The molecule has 94 valence electrons. The van der Waals surface area contributed by atoms with E-state index in [9.17, 15) is 0 Å². The fourth-order valence-electron chi connectivity index (χ4n) is 2.73. The maximum Gasteiger partial charge on any atom is 0.0658 e. The lowest BCUT2D eigenvalue weighted by molar-refractivity contribution is 0.317.